The standard InChI is InChI=1S/C23H35N/c1-21(2,3)19-10-18(11-20(24-19)22(4,5)6)23-12-15-7-16(13-23)9-17(8-15)14-23/h10-11,15-17H,7-9,12-14H2,1-6H3. The van der Waals surface area contributed by atoms with Gasteiger partial charge in [-0.25, -0.2) is 0 Å². The van der Waals surface area contributed by atoms with Gasteiger partial charge in [-0.3, -0.25) is 4.98 Å². The van der Waals surface area contributed by atoms with Crippen molar-refractivity contribution < 1.29 is 0 Å². The molecule has 4 bridgehead atoms. The molecule has 4 aliphatic carbocycles. The predicted octanol–water partition coefficient (Wildman–Crippen LogP) is 6.14. The topological polar surface area (TPSA) is 12.9 Å². The first-order chi connectivity index (χ1) is 11.1. The van der Waals surface area contributed by atoms with Crippen LogP contribution < -0.4 is 0 Å². The van der Waals surface area contributed by atoms with E-state index in [4.69, 9.17) is 4.98 Å². The minimum absolute atomic E-state index is 0.123. The maximum Gasteiger partial charge on any atom is 0.0463 e. The summed E-state index contributed by atoms with van der Waals surface area (Å²) in [5.41, 5.74) is 4.93. The molecule has 0 saturated heterocycles. The first-order valence-electron chi connectivity index (χ1n) is 10.1. The molecule has 0 radical (unpaired) electrons. The van der Waals surface area contributed by atoms with E-state index in [1.54, 1.807) is 5.56 Å². The van der Waals surface area contributed by atoms with E-state index < -0.39 is 0 Å². The molecule has 4 fully saturated rings. The molecule has 1 heteroatoms. The first-order valence-corrected chi connectivity index (χ1v) is 10.1. The van der Waals surface area contributed by atoms with Crippen molar-refractivity contribution in [2.75, 3.05) is 0 Å². The van der Waals surface area contributed by atoms with Crippen LogP contribution in [0.2, 0.25) is 0 Å². The fraction of sp³-hybridized carbons (Fsp3) is 0.783. The van der Waals surface area contributed by atoms with Crippen LogP contribution in [0.15, 0.2) is 12.1 Å². The van der Waals surface area contributed by atoms with Crippen molar-refractivity contribution in [3.8, 4) is 0 Å². The molecule has 0 N–H and O–H groups in total. The normalized spacial score (nSPS) is 35.5. The molecule has 0 spiro atoms. The third kappa shape index (κ3) is 2.72. The average molecular weight is 326 g/mol. The van der Waals surface area contributed by atoms with Crippen molar-refractivity contribution in [3.63, 3.8) is 0 Å². The predicted molar refractivity (Wildman–Crippen MR) is 101 cm³/mol. The van der Waals surface area contributed by atoms with Gasteiger partial charge in [0.25, 0.3) is 0 Å². The number of aromatic nitrogens is 1. The van der Waals surface area contributed by atoms with Crippen LogP contribution in [0.25, 0.3) is 0 Å². The van der Waals surface area contributed by atoms with Crippen LogP contribution in [0.5, 0.6) is 0 Å². The first kappa shape index (κ1) is 16.6. The molecule has 24 heavy (non-hydrogen) atoms. The molecule has 0 aromatic carbocycles. The van der Waals surface area contributed by atoms with Gasteiger partial charge in [0.2, 0.25) is 0 Å². The minimum Gasteiger partial charge on any atom is -0.257 e. The van der Waals surface area contributed by atoms with E-state index in [1.807, 2.05) is 0 Å². The van der Waals surface area contributed by atoms with Crippen LogP contribution in [0.4, 0.5) is 0 Å². The molecule has 1 nitrogen and oxygen atoms in total. The van der Waals surface area contributed by atoms with Crippen LogP contribution in [-0.2, 0) is 16.2 Å². The third-order valence-corrected chi connectivity index (χ3v) is 7.01. The van der Waals surface area contributed by atoms with E-state index >= 15 is 0 Å². The lowest BCUT2D eigenvalue weighted by Gasteiger charge is -2.57. The molecule has 1 aromatic heterocycles. The molecule has 0 unspecified atom stereocenters. The van der Waals surface area contributed by atoms with Gasteiger partial charge in [-0.05, 0) is 79.4 Å². The maximum atomic E-state index is 5.10. The van der Waals surface area contributed by atoms with Crippen LogP contribution in [-0.4, -0.2) is 4.98 Å². The highest BCUT2D eigenvalue weighted by Gasteiger charge is 2.51. The summed E-state index contributed by atoms with van der Waals surface area (Å²) in [7, 11) is 0. The Kier molecular flexibility index (Phi) is 3.52. The number of hydrogen-bond acceptors (Lipinski definition) is 1. The molecule has 4 saturated carbocycles. The molecule has 0 amide bonds. The van der Waals surface area contributed by atoms with E-state index in [0.29, 0.717) is 5.41 Å². The molecule has 0 atom stereocenters. The van der Waals surface area contributed by atoms with Gasteiger partial charge in [-0.2, -0.15) is 0 Å². The summed E-state index contributed by atoms with van der Waals surface area (Å²) in [6.07, 6.45) is 8.87. The third-order valence-electron chi connectivity index (χ3n) is 7.01. The van der Waals surface area contributed by atoms with E-state index in [2.05, 4.69) is 53.7 Å². The molecular weight excluding hydrogens is 290 g/mol. The average Bonchev–Trinajstić information content (AvgIpc) is 2.43. The van der Waals surface area contributed by atoms with E-state index in [9.17, 15) is 0 Å². The van der Waals surface area contributed by atoms with E-state index in [1.165, 1.54) is 49.9 Å². The summed E-state index contributed by atoms with van der Waals surface area (Å²) in [5, 5.41) is 0. The lowest BCUT2D eigenvalue weighted by Crippen LogP contribution is -2.48. The summed E-state index contributed by atoms with van der Waals surface area (Å²) in [6, 6.07) is 4.98. The Morgan fingerprint density at radius 1 is 0.750 bits per heavy atom. The summed E-state index contributed by atoms with van der Waals surface area (Å²) in [6.45, 7) is 13.9. The minimum atomic E-state index is 0.123. The molecule has 1 aromatic rings. The molecule has 1 heterocycles. The summed E-state index contributed by atoms with van der Waals surface area (Å²) < 4.78 is 0. The van der Waals surface area contributed by atoms with Crippen molar-refractivity contribution in [1.82, 2.24) is 4.98 Å². The Balaban J connectivity index is 1.83. The van der Waals surface area contributed by atoms with E-state index in [-0.39, 0.29) is 10.8 Å². The SMILES string of the molecule is CC(C)(C)c1cc(C23CC4CC(CC(C4)C2)C3)cc(C(C)(C)C)n1. The largest absolute Gasteiger partial charge is 0.257 e. The van der Waals surface area contributed by atoms with Gasteiger partial charge >= 0.3 is 0 Å². The van der Waals surface area contributed by atoms with Crippen molar-refractivity contribution in [3.05, 3.63) is 29.1 Å². The Morgan fingerprint density at radius 2 is 1.12 bits per heavy atom. The lowest BCUT2D eigenvalue weighted by molar-refractivity contribution is -0.00535. The number of nitrogens with zero attached hydrogens (tertiary/aromatic N) is 1. The maximum absolute atomic E-state index is 5.10. The van der Waals surface area contributed by atoms with Gasteiger partial charge < -0.3 is 0 Å². The van der Waals surface area contributed by atoms with Gasteiger partial charge in [0.1, 0.15) is 0 Å². The number of hydrogen-bond donors (Lipinski definition) is 0. The second-order valence-corrected chi connectivity index (χ2v) is 11.3. The lowest BCUT2D eigenvalue weighted by atomic mass is 9.48. The molecular formula is C23H35N. The highest BCUT2D eigenvalue weighted by atomic mass is 14.8. The monoisotopic (exact) mass is 325 g/mol. The Labute approximate surface area is 148 Å². The highest BCUT2D eigenvalue weighted by molar-refractivity contribution is 5.36. The molecule has 5 rings (SSSR count). The van der Waals surface area contributed by atoms with Crippen LogP contribution in [0, 0.1) is 17.8 Å². The Morgan fingerprint density at radius 3 is 1.46 bits per heavy atom. The van der Waals surface area contributed by atoms with Gasteiger partial charge in [0.05, 0.1) is 0 Å². The smallest absolute Gasteiger partial charge is 0.0463 e. The summed E-state index contributed by atoms with van der Waals surface area (Å²) >= 11 is 0. The van der Waals surface area contributed by atoms with Crippen LogP contribution >= 0.6 is 0 Å². The van der Waals surface area contributed by atoms with Gasteiger partial charge in [-0.1, -0.05) is 41.5 Å². The molecule has 132 valence electrons. The molecule has 4 aliphatic rings. The summed E-state index contributed by atoms with van der Waals surface area (Å²) in [5.74, 6) is 3.00. The number of pyridine rings is 1. The van der Waals surface area contributed by atoms with Crippen molar-refractivity contribution in [2.24, 2.45) is 17.8 Å². The Hall–Kier alpha value is -0.850. The van der Waals surface area contributed by atoms with Crippen molar-refractivity contribution in [2.45, 2.75) is 96.3 Å². The van der Waals surface area contributed by atoms with Gasteiger partial charge in [-0.15, -0.1) is 0 Å². The fourth-order valence-corrected chi connectivity index (χ4v) is 6.07. The zero-order valence-electron chi connectivity index (χ0n) is 16.6. The fourth-order valence-electron chi connectivity index (χ4n) is 6.07. The van der Waals surface area contributed by atoms with Crippen LogP contribution in [0.1, 0.15) is 97.0 Å². The van der Waals surface area contributed by atoms with Crippen LogP contribution in [0.3, 0.4) is 0 Å². The number of rotatable bonds is 1. The zero-order valence-corrected chi connectivity index (χ0v) is 16.6. The van der Waals surface area contributed by atoms with Crippen molar-refractivity contribution >= 4 is 0 Å². The second-order valence-electron chi connectivity index (χ2n) is 11.3. The van der Waals surface area contributed by atoms with Gasteiger partial charge in [0, 0.05) is 22.2 Å². The molecule has 0 aliphatic heterocycles. The second kappa shape index (κ2) is 5.08. The summed E-state index contributed by atoms with van der Waals surface area (Å²) in [4.78, 5) is 5.10. The van der Waals surface area contributed by atoms with Gasteiger partial charge in [0.15, 0.2) is 0 Å². The highest BCUT2D eigenvalue weighted by Crippen LogP contribution is 2.61. The quantitative estimate of drug-likeness (QED) is 0.604. The van der Waals surface area contributed by atoms with Crippen molar-refractivity contribution in [1.29, 1.82) is 0 Å². The zero-order chi connectivity index (χ0) is 17.3. The Bertz CT molecular complexity index is 573. The van der Waals surface area contributed by atoms with E-state index in [0.717, 1.165) is 17.8 Å².